The summed E-state index contributed by atoms with van der Waals surface area (Å²) in [6, 6.07) is 1.93. The van der Waals surface area contributed by atoms with Crippen LogP contribution >= 0.6 is 0 Å². The topological polar surface area (TPSA) is 96.3 Å². The van der Waals surface area contributed by atoms with Crippen molar-refractivity contribution >= 4 is 17.0 Å². The molecule has 3 aromatic rings. The Hall–Kier alpha value is -2.37. The predicted octanol–water partition coefficient (Wildman–Crippen LogP) is 1.24. The van der Waals surface area contributed by atoms with Crippen LogP contribution in [0.5, 0.6) is 0 Å². The van der Waals surface area contributed by atoms with Crippen molar-refractivity contribution in [2.24, 2.45) is 0 Å². The second-order valence-electron chi connectivity index (χ2n) is 3.61. The Labute approximate surface area is 90.9 Å². The van der Waals surface area contributed by atoms with E-state index in [4.69, 9.17) is 5.73 Å². The molecule has 0 amide bonds. The number of hydrogen-bond acceptors (Lipinski definition) is 4. The minimum atomic E-state index is 0.497. The van der Waals surface area contributed by atoms with Crippen LogP contribution in [0, 0.1) is 6.92 Å². The fraction of sp³-hybridized carbons (Fsp3) is 0.100. The maximum atomic E-state index is 5.73. The predicted molar refractivity (Wildman–Crippen MR) is 60.6 cm³/mol. The zero-order valence-corrected chi connectivity index (χ0v) is 8.65. The fourth-order valence-electron chi connectivity index (χ4n) is 1.65. The second-order valence-corrected chi connectivity index (χ2v) is 3.61. The minimum Gasteiger partial charge on any atom is -0.383 e. The van der Waals surface area contributed by atoms with Crippen molar-refractivity contribution < 1.29 is 0 Å². The van der Waals surface area contributed by atoms with Gasteiger partial charge in [0.25, 0.3) is 0 Å². The van der Waals surface area contributed by atoms with E-state index in [0.717, 1.165) is 16.6 Å². The molecule has 0 atom stereocenters. The Morgan fingerprint density at radius 3 is 2.94 bits per heavy atom. The highest BCUT2D eigenvalue weighted by Crippen LogP contribution is 2.23. The first kappa shape index (κ1) is 8.90. The highest BCUT2D eigenvalue weighted by molar-refractivity contribution is 5.80. The summed E-state index contributed by atoms with van der Waals surface area (Å²) >= 11 is 0. The number of aromatic amines is 2. The second kappa shape index (κ2) is 3.06. The molecule has 0 bridgehead atoms. The van der Waals surface area contributed by atoms with Crippen molar-refractivity contribution in [2.45, 2.75) is 6.92 Å². The number of fused-ring (bicyclic) bond motifs is 1. The molecule has 0 unspecified atom stereocenters. The smallest absolute Gasteiger partial charge is 0.178 e. The van der Waals surface area contributed by atoms with E-state index in [0.29, 0.717) is 17.3 Å². The number of aryl methyl sites for hydroxylation is 1. The summed E-state index contributed by atoms with van der Waals surface area (Å²) in [5.41, 5.74) is 9.22. The number of pyridine rings is 1. The summed E-state index contributed by atoms with van der Waals surface area (Å²) in [5, 5.41) is 6.53. The molecule has 3 aromatic heterocycles. The highest BCUT2D eigenvalue weighted by atomic mass is 15.2. The third kappa shape index (κ3) is 1.16. The van der Waals surface area contributed by atoms with Crippen LogP contribution in [0.1, 0.15) is 5.56 Å². The summed E-state index contributed by atoms with van der Waals surface area (Å²) in [6.07, 6.45) is 3.38. The number of nitrogens with zero attached hydrogens (tertiary/aromatic N) is 3. The molecular formula is C10H10N6. The van der Waals surface area contributed by atoms with Gasteiger partial charge in [-0.2, -0.15) is 5.10 Å². The summed E-state index contributed by atoms with van der Waals surface area (Å²) in [7, 11) is 0. The van der Waals surface area contributed by atoms with E-state index in [-0.39, 0.29) is 0 Å². The molecule has 0 radical (unpaired) electrons. The number of nitrogens with one attached hydrogen (secondary N) is 2. The molecule has 0 aliphatic carbocycles. The Morgan fingerprint density at radius 1 is 1.38 bits per heavy atom. The van der Waals surface area contributed by atoms with Gasteiger partial charge in [0, 0.05) is 6.20 Å². The molecule has 0 aromatic carbocycles. The maximum absolute atomic E-state index is 5.73. The van der Waals surface area contributed by atoms with Crippen LogP contribution in [-0.4, -0.2) is 25.1 Å². The van der Waals surface area contributed by atoms with Gasteiger partial charge in [0.15, 0.2) is 5.65 Å². The van der Waals surface area contributed by atoms with Gasteiger partial charge in [-0.3, -0.25) is 5.10 Å². The molecule has 3 heterocycles. The van der Waals surface area contributed by atoms with Gasteiger partial charge < -0.3 is 10.7 Å². The van der Waals surface area contributed by atoms with Gasteiger partial charge in [0.2, 0.25) is 0 Å². The molecular weight excluding hydrogens is 204 g/mol. The van der Waals surface area contributed by atoms with Gasteiger partial charge in [-0.1, -0.05) is 0 Å². The average molecular weight is 214 g/mol. The lowest BCUT2D eigenvalue weighted by Gasteiger charge is -1.92. The van der Waals surface area contributed by atoms with Crippen molar-refractivity contribution in [3.8, 4) is 11.4 Å². The lowest BCUT2D eigenvalue weighted by molar-refractivity contribution is 1.10. The normalized spacial score (nSPS) is 11.1. The third-order valence-corrected chi connectivity index (χ3v) is 2.52. The molecule has 16 heavy (non-hydrogen) atoms. The van der Waals surface area contributed by atoms with E-state index in [1.54, 1.807) is 12.4 Å². The third-order valence-electron chi connectivity index (χ3n) is 2.52. The van der Waals surface area contributed by atoms with E-state index in [1.165, 1.54) is 0 Å². The Kier molecular flexibility index (Phi) is 1.70. The van der Waals surface area contributed by atoms with E-state index in [9.17, 15) is 0 Å². The minimum absolute atomic E-state index is 0.497. The van der Waals surface area contributed by atoms with Crippen LogP contribution < -0.4 is 5.73 Å². The van der Waals surface area contributed by atoms with Gasteiger partial charge in [-0.15, -0.1) is 0 Å². The maximum Gasteiger partial charge on any atom is 0.178 e. The molecule has 0 fully saturated rings. The van der Waals surface area contributed by atoms with Crippen molar-refractivity contribution in [1.82, 2.24) is 25.1 Å². The largest absolute Gasteiger partial charge is 0.383 e. The SMILES string of the molecule is Cc1ccnc2nc(-c3cn[nH]c3N)[nH]c12. The van der Waals surface area contributed by atoms with E-state index in [1.807, 2.05) is 13.0 Å². The lowest BCUT2D eigenvalue weighted by Crippen LogP contribution is -1.88. The van der Waals surface area contributed by atoms with Crippen LogP contribution in [-0.2, 0) is 0 Å². The van der Waals surface area contributed by atoms with Gasteiger partial charge >= 0.3 is 0 Å². The van der Waals surface area contributed by atoms with Gasteiger partial charge in [-0.25, -0.2) is 9.97 Å². The molecule has 6 nitrogen and oxygen atoms in total. The zero-order chi connectivity index (χ0) is 11.1. The molecule has 80 valence electrons. The van der Waals surface area contributed by atoms with Crippen LogP contribution in [0.25, 0.3) is 22.6 Å². The van der Waals surface area contributed by atoms with Crippen LogP contribution in [0.2, 0.25) is 0 Å². The van der Waals surface area contributed by atoms with Gasteiger partial charge in [0.05, 0.1) is 17.3 Å². The number of H-pyrrole nitrogens is 2. The molecule has 3 rings (SSSR count). The molecule has 0 saturated heterocycles. The Bertz CT molecular complexity index is 650. The average Bonchev–Trinajstić information content (AvgIpc) is 2.84. The number of nitrogens with two attached hydrogens (primary N) is 1. The number of imidazole rings is 1. The van der Waals surface area contributed by atoms with Crippen LogP contribution in [0.4, 0.5) is 5.82 Å². The Morgan fingerprint density at radius 2 is 2.25 bits per heavy atom. The highest BCUT2D eigenvalue weighted by Gasteiger charge is 2.11. The van der Waals surface area contributed by atoms with Crippen LogP contribution in [0.15, 0.2) is 18.5 Å². The van der Waals surface area contributed by atoms with Crippen molar-refractivity contribution in [3.05, 3.63) is 24.0 Å². The molecule has 0 aliphatic rings. The Balaban J connectivity index is 2.27. The van der Waals surface area contributed by atoms with Gasteiger partial charge in [-0.05, 0) is 18.6 Å². The van der Waals surface area contributed by atoms with Crippen molar-refractivity contribution in [2.75, 3.05) is 5.73 Å². The molecule has 0 aliphatic heterocycles. The number of aromatic nitrogens is 5. The quantitative estimate of drug-likeness (QED) is 0.567. The summed E-state index contributed by atoms with van der Waals surface area (Å²) < 4.78 is 0. The summed E-state index contributed by atoms with van der Waals surface area (Å²) in [5.74, 6) is 1.18. The lowest BCUT2D eigenvalue weighted by atomic mass is 10.3. The van der Waals surface area contributed by atoms with Crippen LogP contribution in [0.3, 0.4) is 0 Å². The molecule has 4 N–H and O–H groups in total. The van der Waals surface area contributed by atoms with Crippen molar-refractivity contribution in [3.63, 3.8) is 0 Å². The molecule has 6 heteroatoms. The number of hydrogen-bond donors (Lipinski definition) is 3. The summed E-state index contributed by atoms with van der Waals surface area (Å²) in [4.78, 5) is 11.8. The first-order chi connectivity index (χ1) is 7.75. The number of anilines is 1. The molecule has 0 saturated carbocycles. The first-order valence-electron chi connectivity index (χ1n) is 4.86. The van der Waals surface area contributed by atoms with E-state index >= 15 is 0 Å². The van der Waals surface area contributed by atoms with E-state index in [2.05, 4.69) is 25.1 Å². The first-order valence-corrected chi connectivity index (χ1v) is 4.86. The monoisotopic (exact) mass is 214 g/mol. The standard InChI is InChI=1S/C10H10N6/c1-5-2-3-12-10-7(5)14-9(15-10)6-4-13-16-8(6)11/h2-4H,1H3,(H3,11,13,16)(H,12,14,15). The number of rotatable bonds is 1. The number of nitrogen functional groups attached to an aromatic ring is 1. The zero-order valence-electron chi connectivity index (χ0n) is 8.65. The van der Waals surface area contributed by atoms with Gasteiger partial charge in [0.1, 0.15) is 11.6 Å². The fourth-order valence-corrected chi connectivity index (χ4v) is 1.65. The van der Waals surface area contributed by atoms with Crippen molar-refractivity contribution in [1.29, 1.82) is 0 Å². The summed E-state index contributed by atoms with van der Waals surface area (Å²) in [6.45, 7) is 2.00. The molecule has 0 spiro atoms. The van der Waals surface area contributed by atoms with E-state index < -0.39 is 0 Å².